The molecule has 18 heavy (non-hydrogen) atoms. The van der Waals surface area contributed by atoms with Crippen LogP contribution in [0.1, 0.15) is 5.56 Å². The molecule has 0 aliphatic rings. The van der Waals surface area contributed by atoms with Crippen molar-refractivity contribution in [2.75, 3.05) is 5.75 Å². The minimum absolute atomic E-state index is 0.132. The summed E-state index contributed by atoms with van der Waals surface area (Å²) in [6.07, 6.45) is 1.37. The van der Waals surface area contributed by atoms with Crippen molar-refractivity contribution in [1.29, 1.82) is 0 Å². The molecule has 0 radical (unpaired) electrons. The van der Waals surface area contributed by atoms with Gasteiger partial charge in [-0.1, -0.05) is 43.4 Å². The van der Waals surface area contributed by atoms with E-state index in [4.69, 9.17) is 11.6 Å². The van der Waals surface area contributed by atoms with Gasteiger partial charge in [0, 0.05) is 19.3 Å². The van der Waals surface area contributed by atoms with Crippen molar-refractivity contribution in [2.45, 2.75) is 25.7 Å². The fraction of sp³-hybridized carbons (Fsp3) is 0.417. The molecule has 100 valence electrons. The van der Waals surface area contributed by atoms with Crippen molar-refractivity contribution in [3.05, 3.63) is 34.9 Å². The van der Waals surface area contributed by atoms with Crippen molar-refractivity contribution < 1.29 is 8.42 Å². The fourth-order valence-electron chi connectivity index (χ4n) is 1.18. The highest BCUT2D eigenvalue weighted by Crippen LogP contribution is 2.11. The number of rotatable bonds is 5. The van der Waals surface area contributed by atoms with Crippen molar-refractivity contribution in [3.8, 4) is 0 Å². The van der Waals surface area contributed by atoms with Gasteiger partial charge in [-0.15, -0.1) is 0 Å². The second kappa shape index (κ2) is 5.99. The summed E-state index contributed by atoms with van der Waals surface area (Å²) in [5.74, 6) is 0.132. The smallest absolute Gasteiger partial charge is 0.205 e. The van der Waals surface area contributed by atoms with E-state index in [9.17, 15) is 8.42 Å². The van der Waals surface area contributed by atoms with E-state index in [1.54, 1.807) is 24.3 Å². The van der Waals surface area contributed by atoms with Crippen molar-refractivity contribution in [1.82, 2.24) is 0 Å². The van der Waals surface area contributed by atoms with Gasteiger partial charge in [0.1, 0.15) is 0 Å². The molecule has 1 aromatic rings. The summed E-state index contributed by atoms with van der Waals surface area (Å²) in [5.41, 5.74) is 0.732. The molecule has 3 nitrogen and oxygen atoms in total. The van der Waals surface area contributed by atoms with E-state index >= 15 is 0 Å². The maximum atomic E-state index is 11.7. The maximum Gasteiger partial charge on any atom is 0.252 e. The van der Waals surface area contributed by atoms with Crippen LogP contribution in [0.3, 0.4) is 0 Å². The SMILES string of the molecule is C[Si](C)(C)CCS(=O)(=O)/N=C/c1ccc(Cl)cc1. The molecule has 0 saturated carbocycles. The summed E-state index contributed by atoms with van der Waals surface area (Å²) >= 11 is 5.74. The topological polar surface area (TPSA) is 46.5 Å². The first-order chi connectivity index (χ1) is 8.18. The highest BCUT2D eigenvalue weighted by atomic mass is 35.5. The van der Waals surface area contributed by atoms with E-state index in [2.05, 4.69) is 24.0 Å². The van der Waals surface area contributed by atoms with Crippen LogP contribution in [-0.2, 0) is 10.0 Å². The van der Waals surface area contributed by atoms with Gasteiger partial charge >= 0.3 is 0 Å². The minimum Gasteiger partial charge on any atom is -0.205 e. The van der Waals surface area contributed by atoms with Crippen LogP contribution in [0.4, 0.5) is 0 Å². The summed E-state index contributed by atoms with van der Waals surface area (Å²) < 4.78 is 27.1. The largest absolute Gasteiger partial charge is 0.252 e. The monoisotopic (exact) mass is 303 g/mol. The Labute approximate surface area is 115 Å². The van der Waals surface area contributed by atoms with Gasteiger partial charge in [0.15, 0.2) is 0 Å². The van der Waals surface area contributed by atoms with Crippen molar-refractivity contribution in [2.24, 2.45) is 4.40 Å². The minimum atomic E-state index is -3.35. The van der Waals surface area contributed by atoms with Gasteiger partial charge in [-0.3, -0.25) is 0 Å². The van der Waals surface area contributed by atoms with Gasteiger partial charge in [0.05, 0.1) is 5.75 Å². The molecular formula is C12H18ClNO2SSi. The van der Waals surface area contributed by atoms with Crippen LogP contribution < -0.4 is 0 Å². The molecule has 0 aromatic heterocycles. The Morgan fingerprint density at radius 3 is 2.28 bits per heavy atom. The number of hydrogen-bond donors (Lipinski definition) is 0. The van der Waals surface area contributed by atoms with Crippen LogP contribution in [-0.4, -0.2) is 28.5 Å². The molecule has 1 aromatic carbocycles. The number of benzene rings is 1. The van der Waals surface area contributed by atoms with Crippen LogP contribution in [0.2, 0.25) is 30.7 Å². The molecular weight excluding hydrogens is 286 g/mol. The summed E-state index contributed by atoms with van der Waals surface area (Å²) in [6, 6.07) is 7.61. The Bertz CT molecular complexity index is 518. The first-order valence-electron chi connectivity index (χ1n) is 5.72. The van der Waals surface area contributed by atoms with Crippen LogP contribution in [0, 0.1) is 0 Å². The Morgan fingerprint density at radius 1 is 1.22 bits per heavy atom. The predicted molar refractivity (Wildman–Crippen MR) is 81.0 cm³/mol. The second-order valence-electron chi connectivity index (χ2n) is 5.38. The molecule has 1 rings (SSSR count). The average molecular weight is 304 g/mol. The molecule has 0 amide bonds. The molecule has 0 fully saturated rings. The van der Waals surface area contributed by atoms with Gasteiger partial charge in [-0.25, -0.2) is 8.42 Å². The van der Waals surface area contributed by atoms with Gasteiger partial charge in [-0.2, -0.15) is 4.40 Å². The number of nitrogens with zero attached hydrogens (tertiary/aromatic N) is 1. The van der Waals surface area contributed by atoms with Crippen LogP contribution in [0.25, 0.3) is 0 Å². The molecule has 0 atom stereocenters. The van der Waals surface area contributed by atoms with E-state index in [0.717, 1.165) is 11.6 Å². The average Bonchev–Trinajstić information content (AvgIpc) is 2.25. The molecule has 0 unspecified atom stereocenters. The standard InChI is InChI=1S/C12H18ClNO2SSi/c1-18(2,3)9-8-17(15,16)14-10-11-4-6-12(13)7-5-11/h4-7,10H,8-9H2,1-3H3/b14-10+. The number of sulfonamides is 1. The molecule has 6 heteroatoms. The molecule has 0 N–H and O–H groups in total. The highest BCUT2D eigenvalue weighted by molar-refractivity contribution is 7.90. The molecule has 0 aliphatic carbocycles. The fourth-order valence-corrected chi connectivity index (χ4v) is 5.17. The van der Waals surface area contributed by atoms with Gasteiger partial charge in [-0.05, 0) is 23.7 Å². The first kappa shape index (κ1) is 15.4. The van der Waals surface area contributed by atoms with E-state index in [1.807, 2.05) is 0 Å². The third kappa shape index (κ3) is 6.33. The van der Waals surface area contributed by atoms with Crippen LogP contribution >= 0.6 is 11.6 Å². The van der Waals surface area contributed by atoms with Gasteiger partial charge in [0.25, 0.3) is 10.0 Å². The zero-order valence-electron chi connectivity index (χ0n) is 10.9. The molecule has 0 saturated heterocycles. The predicted octanol–water partition coefficient (Wildman–Crippen LogP) is 3.43. The Kier molecular flexibility index (Phi) is 5.13. The lowest BCUT2D eigenvalue weighted by Gasteiger charge is -2.13. The Balaban J connectivity index is 2.68. The zero-order valence-corrected chi connectivity index (χ0v) is 13.4. The summed E-state index contributed by atoms with van der Waals surface area (Å²) in [5, 5.41) is 0.619. The van der Waals surface area contributed by atoms with Gasteiger partial charge in [0.2, 0.25) is 0 Å². The van der Waals surface area contributed by atoms with Crippen molar-refractivity contribution >= 4 is 35.9 Å². The van der Waals surface area contributed by atoms with E-state index < -0.39 is 18.1 Å². The molecule has 0 heterocycles. The van der Waals surface area contributed by atoms with E-state index in [0.29, 0.717) is 5.02 Å². The third-order valence-electron chi connectivity index (χ3n) is 2.34. The molecule has 0 spiro atoms. The molecule has 0 aliphatic heterocycles. The van der Waals surface area contributed by atoms with Crippen LogP contribution in [0.15, 0.2) is 28.7 Å². The third-order valence-corrected chi connectivity index (χ3v) is 5.85. The lowest BCUT2D eigenvalue weighted by Crippen LogP contribution is -2.23. The summed E-state index contributed by atoms with van der Waals surface area (Å²) in [4.78, 5) is 0. The Hall–Kier alpha value is -0.653. The zero-order chi connectivity index (χ0) is 13.8. The van der Waals surface area contributed by atoms with Crippen molar-refractivity contribution in [3.63, 3.8) is 0 Å². The molecule has 0 bridgehead atoms. The second-order valence-corrected chi connectivity index (χ2v) is 13.2. The lowest BCUT2D eigenvalue weighted by atomic mass is 10.2. The highest BCUT2D eigenvalue weighted by Gasteiger charge is 2.17. The normalized spacial score (nSPS) is 13.1. The number of hydrogen-bond acceptors (Lipinski definition) is 2. The summed E-state index contributed by atoms with van der Waals surface area (Å²) in [6.45, 7) is 6.43. The van der Waals surface area contributed by atoms with Crippen LogP contribution in [0.5, 0.6) is 0 Å². The lowest BCUT2D eigenvalue weighted by molar-refractivity contribution is 0.599. The van der Waals surface area contributed by atoms with Gasteiger partial charge < -0.3 is 0 Å². The number of halogens is 1. The van der Waals surface area contributed by atoms with E-state index in [-0.39, 0.29) is 5.75 Å². The first-order valence-corrected chi connectivity index (χ1v) is 11.4. The summed E-state index contributed by atoms with van der Waals surface area (Å²) in [7, 11) is -4.71. The quantitative estimate of drug-likeness (QED) is 0.618. The maximum absolute atomic E-state index is 11.7. The van der Waals surface area contributed by atoms with E-state index in [1.165, 1.54) is 6.21 Å². The Morgan fingerprint density at radius 2 is 1.78 bits per heavy atom.